The number of fused-ring (bicyclic) bond motifs is 1. The molecule has 2 aromatic rings. The van der Waals surface area contributed by atoms with Gasteiger partial charge in [-0.3, -0.25) is 4.79 Å². The van der Waals surface area contributed by atoms with Gasteiger partial charge in [-0.05, 0) is 42.7 Å². The summed E-state index contributed by atoms with van der Waals surface area (Å²) in [5, 5.41) is 0. The molecule has 1 amide bonds. The minimum absolute atomic E-state index is 0.0404. The highest BCUT2D eigenvalue weighted by molar-refractivity contribution is 5.82. The smallest absolute Gasteiger partial charge is 0.267 e. The molecular weight excluding hydrogens is 321 g/mol. The Hall–Kier alpha value is -2.56. The number of nitrogens with zero attached hydrogens (tertiary/aromatic N) is 1. The van der Waals surface area contributed by atoms with Crippen LogP contribution in [-0.4, -0.2) is 36.6 Å². The first-order chi connectivity index (χ1) is 12.2. The molecule has 2 heterocycles. The predicted octanol–water partition coefficient (Wildman–Crippen LogP) is 3.37. The quantitative estimate of drug-likeness (QED) is 0.841. The van der Waals surface area contributed by atoms with Crippen LogP contribution < -0.4 is 9.47 Å². The van der Waals surface area contributed by atoms with Gasteiger partial charge in [0.05, 0.1) is 0 Å². The number of hydrogen-bond donors (Lipinski definition) is 0. The lowest BCUT2D eigenvalue weighted by atomic mass is 9.90. The number of amides is 1. The molecule has 2 atom stereocenters. The first kappa shape index (κ1) is 15.9. The molecule has 0 aromatic heterocycles. The molecule has 2 unspecified atom stereocenters. The topological polar surface area (TPSA) is 38.8 Å². The van der Waals surface area contributed by atoms with Crippen molar-refractivity contribution in [3.63, 3.8) is 0 Å². The van der Waals surface area contributed by atoms with E-state index < -0.39 is 6.10 Å². The van der Waals surface area contributed by atoms with Crippen LogP contribution >= 0.6 is 0 Å². The van der Waals surface area contributed by atoms with E-state index >= 15 is 0 Å². The molecule has 1 saturated heterocycles. The van der Waals surface area contributed by atoms with E-state index in [1.54, 1.807) is 0 Å². The second kappa shape index (κ2) is 6.75. The van der Waals surface area contributed by atoms with Crippen LogP contribution in [0.4, 0.5) is 4.39 Å². The Morgan fingerprint density at radius 1 is 1.08 bits per heavy atom. The SMILES string of the molecule is O=C(C1COc2ccccc2O1)N1CCCC(c2ccc(F)cc2)C1. The van der Waals surface area contributed by atoms with Gasteiger partial charge < -0.3 is 14.4 Å². The van der Waals surface area contributed by atoms with Crippen LogP contribution in [0.25, 0.3) is 0 Å². The molecule has 0 radical (unpaired) electrons. The van der Waals surface area contributed by atoms with E-state index in [0.29, 0.717) is 18.0 Å². The fourth-order valence-corrected chi connectivity index (χ4v) is 3.53. The molecule has 2 aliphatic heterocycles. The summed E-state index contributed by atoms with van der Waals surface area (Å²) in [6, 6.07) is 14.0. The molecule has 1 fully saturated rings. The highest BCUT2D eigenvalue weighted by atomic mass is 19.1. The maximum atomic E-state index is 13.1. The maximum Gasteiger partial charge on any atom is 0.267 e. The molecule has 0 aliphatic carbocycles. The zero-order valence-electron chi connectivity index (χ0n) is 13.9. The van der Waals surface area contributed by atoms with Gasteiger partial charge in [-0.15, -0.1) is 0 Å². The van der Waals surface area contributed by atoms with Crippen molar-refractivity contribution < 1.29 is 18.7 Å². The molecule has 4 rings (SSSR count). The second-order valence-electron chi connectivity index (χ2n) is 6.54. The van der Waals surface area contributed by atoms with Gasteiger partial charge >= 0.3 is 0 Å². The monoisotopic (exact) mass is 341 g/mol. The number of rotatable bonds is 2. The summed E-state index contributed by atoms with van der Waals surface area (Å²) in [4.78, 5) is 14.7. The fourth-order valence-electron chi connectivity index (χ4n) is 3.53. The molecule has 0 bridgehead atoms. The maximum absolute atomic E-state index is 13.1. The number of hydrogen-bond acceptors (Lipinski definition) is 3. The van der Waals surface area contributed by atoms with E-state index in [1.165, 1.54) is 12.1 Å². The number of benzene rings is 2. The van der Waals surface area contributed by atoms with Gasteiger partial charge in [0.1, 0.15) is 12.4 Å². The minimum Gasteiger partial charge on any atom is -0.485 e. The van der Waals surface area contributed by atoms with Crippen molar-refractivity contribution in [2.24, 2.45) is 0 Å². The van der Waals surface area contributed by atoms with E-state index in [0.717, 1.165) is 24.9 Å². The van der Waals surface area contributed by atoms with Crippen molar-refractivity contribution in [3.05, 3.63) is 59.9 Å². The molecule has 25 heavy (non-hydrogen) atoms. The Kier molecular flexibility index (Phi) is 4.30. The Morgan fingerprint density at radius 3 is 2.64 bits per heavy atom. The lowest BCUT2D eigenvalue weighted by Gasteiger charge is -2.36. The van der Waals surface area contributed by atoms with Crippen molar-refractivity contribution >= 4 is 5.91 Å². The average molecular weight is 341 g/mol. The Labute approximate surface area is 146 Å². The van der Waals surface area contributed by atoms with Crippen LogP contribution in [0.5, 0.6) is 11.5 Å². The van der Waals surface area contributed by atoms with Crippen LogP contribution in [0.1, 0.15) is 24.3 Å². The summed E-state index contributed by atoms with van der Waals surface area (Å²) in [6.45, 7) is 1.58. The normalized spacial score (nSPS) is 22.5. The number of carbonyl (C=O) groups excluding carboxylic acids is 1. The van der Waals surface area contributed by atoms with Crippen molar-refractivity contribution in [3.8, 4) is 11.5 Å². The van der Waals surface area contributed by atoms with Gasteiger partial charge in [0.15, 0.2) is 11.5 Å². The Bertz CT molecular complexity index is 762. The zero-order valence-corrected chi connectivity index (χ0v) is 13.9. The van der Waals surface area contributed by atoms with Gasteiger partial charge in [0.2, 0.25) is 6.10 Å². The lowest BCUT2D eigenvalue weighted by Crippen LogP contribution is -2.49. The summed E-state index contributed by atoms with van der Waals surface area (Å²) < 4.78 is 24.6. The number of piperidine rings is 1. The Morgan fingerprint density at radius 2 is 1.84 bits per heavy atom. The number of likely N-dealkylation sites (tertiary alicyclic amines) is 1. The second-order valence-corrected chi connectivity index (χ2v) is 6.54. The molecule has 5 heteroatoms. The molecule has 0 spiro atoms. The van der Waals surface area contributed by atoms with Crippen LogP contribution in [-0.2, 0) is 4.79 Å². The molecule has 2 aliphatic rings. The Balaban J connectivity index is 1.44. The van der Waals surface area contributed by atoms with Gasteiger partial charge in [-0.2, -0.15) is 0 Å². The third kappa shape index (κ3) is 3.31. The highest BCUT2D eigenvalue weighted by Gasteiger charge is 2.33. The number of carbonyl (C=O) groups is 1. The van der Waals surface area contributed by atoms with E-state index in [4.69, 9.17) is 9.47 Å². The standard InChI is InChI=1S/C20H20FNO3/c21-16-9-7-14(8-10-16)15-4-3-11-22(12-15)20(23)19-13-24-17-5-1-2-6-18(17)25-19/h1-2,5-10,15,19H,3-4,11-13H2. The highest BCUT2D eigenvalue weighted by Crippen LogP contribution is 2.32. The summed E-state index contributed by atoms with van der Waals surface area (Å²) in [5.41, 5.74) is 1.07. The van der Waals surface area contributed by atoms with Crippen molar-refractivity contribution in [2.45, 2.75) is 24.9 Å². The van der Waals surface area contributed by atoms with Crippen LogP contribution in [0.2, 0.25) is 0 Å². The predicted molar refractivity (Wildman–Crippen MR) is 91.3 cm³/mol. The van der Waals surface area contributed by atoms with Crippen molar-refractivity contribution in [1.82, 2.24) is 4.90 Å². The van der Waals surface area contributed by atoms with Gasteiger partial charge in [0.25, 0.3) is 5.91 Å². The van der Waals surface area contributed by atoms with Crippen molar-refractivity contribution in [1.29, 1.82) is 0 Å². The van der Waals surface area contributed by atoms with Crippen LogP contribution in [0.15, 0.2) is 48.5 Å². The molecule has 130 valence electrons. The first-order valence-electron chi connectivity index (χ1n) is 8.63. The molecule has 0 N–H and O–H groups in total. The molecule has 4 nitrogen and oxygen atoms in total. The third-order valence-electron chi connectivity index (χ3n) is 4.86. The van der Waals surface area contributed by atoms with E-state index in [9.17, 15) is 9.18 Å². The number of ether oxygens (including phenoxy) is 2. The van der Waals surface area contributed by atoms with Gasteiger partial charge in [0, 0.05) is 19.0 Å². The summed E-state index contributed by atoms with van der Waals surface area (Å²) in [5.74, 6) is 1.24. The fraction of sp³-hybridized carbons (Fsp3) is 0.350. The minimum atomic E-state index is -0.609. The zero-order chi connectivity index (χ0) is 17.2. The largest absolute Gasteiger partial charge is 0.485 e. The summed E-state index contributed by atoms with van der Waals surface area (Å²) in [6.07, 6.45) is 1.32. The van der Waals surface area contributed by atoms with Gasteiger partial charge in [-0.1, -0.05) is 24.3 Å². The molecule has 2 aromatic carbocycles. The first-order valence-corrected chi connectivity index (χ1v) is 8.63. The average Bonchev–Trinajstić information content (AvgIpc) is 2.68. The lowest BCUT2D eigenvalue weighted by molar-refractivity contribution is -0.142. The van der Waals surface area contributed by atoms with Crippen LogP contribution in [0, 0.1) is 5.82 Å². The van der Waals surface area contributed by atoms with E-state index in [1.807, 2.05) is 41.3 Å². The van der Waals surface area contributed by atoms with Gasteiger partial charge in [-0.25, -0.2) is 4.39 Å². The summed E-state index contributed by atoms with van der Waals surface area (Å²) in [7, 11) is 0. The third-order valence-corrected chi connectivity index (χ3v) is 4.86. The van der Waals surface area contributed by atoms with E-state index in [2.05, 4.69) is 0 Å². The number of para-hydroxylation sites is 2. The number of halogens is 1. The van der Waals surface area contributed by atoms with E-state index in [-0.39, 0.29) is 24.2 Å². The van der Waals surface area contributed by atoms with Crippen LogP contribution in [0.3, 0.4) is 0 Å². The molecule has 0 saturated carbocycles. The summed E-state index contributed by atoms with van der Waals surface area (Å²) >= 11 is 0. The van der Waals surface area contributed by atoms with Crippen molar-refractivity contribution in [2.75, 3.05) is 19.7 Å². The molecular formula is C20H20FNO3.